The lowest BCUT2D eigenvalue weighted by atomic mass is 10.4. The van der Waals surface area contributed by atoms with E-state index in [1.54, 1.807) is 6.20 Å². The van der Waals surface area contributed by atoms with E-state index in [2.05, 4.69) is 27.5 Å². The molecule has 0 aliphatic heterocycles. The third-order valence-electron chi connectivity index (χ3n) is 2.50. The van der Waals surface area contributed by atoms with Gasteiger partial charge >= 0.3 is 0 Å². The first-order chi connectivity index (χ1) is 9.19. The molecule has 0 aliphatic carbocycles. The predicted octanol–water partition coefficient (Wildman–Crippen LogP) is 3.47. The molecule has 0 aliphatic rings. The van der Waals surface area contributed by atoms with Gasteiger partial charge in [0.1, 0.15) is 16.5 Å². The highest BCUT2D eigenvalue weighted by molar-refractivity contribution is 6.32. The minimum absolute atomic E-state index is 0.491. The quantitative estimate of drug-likeness (QED) is 0.848. The van der Waals surface area contributed by atoms with E-state index in [4.69, 9.17) is 16.0 Å². The average Bonchev–Trinajstić information content (AvgIpc) is 2.82. The lowest BCUT2D eigenvalue weighted by molar-refractivity contribution is 0.490. The maximum atomic E-state index is 6.06. The molecule has 0 saturated heterocycles. The summed E-state index contributed by atoms with van der Waals surface area (Å²) in [5.74, 6) is 2.90. The van der Waals surface area contributed by atoms with Gasteiger partial charge in [0.25, 0.3) is 0 Å². The summed E-state index contributed by atoms with van der Waals surface area (Å²) in [4.78, 5) is 8.44. The smallest absolute Gasteiger partial charge is 0.224 e. The molecular weight excluding hydrogens is 264 g/mol. The van der Waals surface area contributed by atoms with Crippen molar-refractivity contribution in [2.45, 2.75) is 26.8 Å². The molecule has 5 nitrogen and oxygen atoms in total. The second kappa shape index (κ2) is 6.43. The van der Waals surface area contributed by atoms with Crippen molar-refractivity contribution in [2.24, 2.45) is 0 Å². The van der Waals surface area contributed by atoms with E-state index in [0.717, 1.165) is 24.5 Å². The third-order valence-corrected chi connectivity index (χ3v) is 2.78. The SMILES string of the molecule is CCCNc1ncc(Cl)c(NCc2ccc(C)o2)n1. The van der Waals surface area contributed by atoms with Crippen LogP contribution in [0.25, 0.3) is 0 Å². The molecule has 2 aromatic rings. The Hall–Kier alpha value is -1.75. The zero-order chi connectivity index (χ0) is 13.7. The second-order valence-electron chi connectivity index (χ2n) is 4.18. The molecule has 0 spiro atoms. The number of hydrogen-bond donors (Lipinski definition) is 2. The first kappa shape index (κ1) is 13.7. The Morgan fingerprint density at radius 2 is 2.16 bits per heavy atom. The zero-order valence-corrected chi connectivity index (χ0v) is 11.8. The van der Waals surface area contributed by atoms with Crippen LogP contribution in [0.15, 0.2) is 22.7 Å². The van der Waals surface area contributed by atoms with Gasteiger partial charge in [-0.25, -0.2) is 4.98 Å². The zero-order valence-electron chi connectivity index (χ0n) is 11.0. The number of hydrogen-bond acceptors (Lipinski definition) is 5. The highest BCUT2D eigenvalue weighted by Gasteiger charge is 2.06. The minimum atomic E-state index is 0.491. The van der Waals surface area contributed by atoms with Crippen LogP contribution >= 0.6 is 11.6 Å². The molecule has 6 heteroatoms. The molecule has 0 aromatic carbocycles. The number of furan rings is 1. The minimum Gasteiger partial charge on any atom is -0.465 e. The normalized spacial score (nSPS) is 10.5. The van der Waals surface area contributed by atoms with Gasteiger partial charge in [0.05, 0.1) is 12.7 Å². The molecule has 0 radical (unpaired) electrons. The molecule has 0 unspecified atom stereocenters. The van der Waals surface area contributed by atoms with Crippen molar-refractivity contribution in [2.75, 3.05) is 17.2 Å². The molecule has 102 valence electrons. The Labute approximate surface area is 117 Å². The van der Waals surface area contributed by atoms with Crippen LogP contribution < -0.4 is 10.6 Å². The van der Waals surface area contributed by atoms with E-state index in [1.165, 1.54) is 0 Å². The molecule has 2 heterocycles. The molecule has 0 fully saturated rings. The van der Waals surface area contributed by atoms with Gasteiger partial charge in [-0.15, -0.1) is 0 Å². The number of aryl methyl sites for hydroxylation is 1. The van der Waals surface area contributed by atoms with Gasteiger partial charge in [-0.1, -0.05) is 18.5 Å². The maximum absolute atomic E-state index is 6.06. The van der Waals surface area contributed by atoms with E-state index >= 15 is 0 Å². The number of nitrogens with one attached hydrogen (secondary N) is 2. The number of nitrogens with zero attached hydrogens (tertiary/aromatic N) is 2. The summed E-state index contributed by atoms with van der Waals surface area (Å²) in [6, 6.07) is 3.85. The van der Waals surface area contributed by atoms with Crippen LogP contribution in [0, 0.1) is 6.92 Å². The summed E-state index contributed by atoms with van der Waals surface area (Å²) in [6.45, 7) is 5.37. The fraction of sp³-hybridized carbons (Fsp3) is 0.385. The maximum Gasteiger partial charge on any atom is 0.224 e. The van der Waals surface area contributed by atoms with Crippen molar-refractivity contribution in [3.8, 4) is 0 Å². The van der Waals surface area contributed by atoms with Gasteiger partial charge in [-0.2, -0.15) is 4.98 Å². The van der Waals surface area contributed by atoms with Gasteiger partial charge < -0.3 is 15.1 Å². The second-order valence-corrected chi connectivity index (χ2v) is 4.59. The van der Waals surface area contributed by atoms with Crippen LogP contribution in [0.5, 0.6) is 0 Å². The predicted molar refractivity (Wildman–Crippen MR) is 76.6 cm³/mol. The fourth-order valence-electron chi connectivity index (χ4n) is 1.56. The fourth-order valence-corrected chi connectivity index (χ4v) is 1.72. The van der Waals surface area contributed by atoms with Crippen molar-refractivity contribution >= 4 is 23.4 Å². The average molecular weight is 281 g/mol. The standard InChI is InChI=1S/C13H17ClN4O/c1-3-6-15-13-17-8-11(14)12(18-13)16-7-10-5-4-9(2)19-10/h4-5,8H,3,6-7H2,1-2H3,(H2,15,16,17,18). The summed E-state index contributed by atoms with van der Waals surface area (Å²) in [7, 11) is 0. The van der Waals surface area contributed by atoms with Crippen molar-refractivity contribution in [3.05, 3.63) is 34.9 Å². The molecule has 2 aromatic heterocycles. The van der Waals surface area contributed by atoms with Crippen molar-refractivity contribution in [3.63, 3.8) is 0 Å². The molecule has 19 heavy (non-hydrogen) atoms. The van der Waals surface area contributed by atoms with Crippen LogP contribution in [-0.4, -0.2) is 16.5 Å². The van der Waals surface area contributed by atoms with E-state index < -0.39 is 0 Å². The molecule has 0 bridgehead atoms. The molecular formula is C13H17ClN4O. The van der Waals surface area contributed by atoms with Crippen molar-refractivity contribution in [1.29, 1.82) is 0 Å². The Balaban J connectivity index is 2.02. The summed E-state index contributed by atoms with van der Waals surface area (Å²) in [5.41, 5.74) is 0. The number of aromatic nitrogens is 2. The van der Waals surface area contributed by atoms with E-state index in [9.17, 15) is 0 Å². The Morgan fingerprint density at radius 3 is 2.84 bits per heavy atom. The van der Waals surface area contributed by atoms with Crippen LogP contribution in [0.3, 0.4) is 0 Å². The van der Waals surface area contributed by atoms with Gasteiger partial charge in [0, 0.05) is 6.54 Å². The van der Waals surface area contributed by atoms with Crippen LogP contribution in [0.4, 0.5) is 11.8 Å². The first-order valence-corrected chi connectivity index (χ1v) is 6.62. The summed E-state index contributed by atoms with van der Waals surface area (Å²) < 4.78 is 5.48. The van der Waals surface area contributed by atoms with Gasteiger partial charge in [0.2, 0.25) is 5.95 Å². The number of anilines is 2. The Bertz CT molecular complexity index is 541. The summed E-state index contributed by atoms with van der Waals surface area (Å²) in [5, 5.41) is 6.75. The van der Waals surface area contributed by atoms with Crippen LogP contribution in [-0.2, 0) is 6.54 Å². The molecule has 2 N–H and O–H groups in total. The Kier molecular flexibility index (Phi) is 4.63. The first-order valence-electron chi connectivity index (χ1n) is 6.24. The Morgan fingerprint density at radius 1 is 1.32 bits per heavy atom. The number of halogens is 1. The highest BCUT2D eigenvalue weighted by atomic mass is 35.5. The molecule has 2 rings (SSSR count). The highest BCUT2D eigenvalue weighted by Crippen LogP contribution is 2.20. The van der Waals surface area contributed by atoms with Gasteiger partial charge in [0.15, 0.2) is 5.82 Å². The topological polar surface area (TPSA) is 63.0 Å². The lowest BCUT2D eigenvalue weighted by Crippen LogP contribution is -2.07. The van der Waals surface area contributed by atoms with Crippen LogP contribution in [0.2, 0.25) is 5.02 Å². The van der Waals surface area contributed by atoms with E-state index in [0.29, 0.717) is 23.3 Å². The molecule has 0 saturated carbocycles. The van der Waals surface area contributed by atoms with Crippen molar-refractivity contribution < 1.29 is 4.42 Å². The number of rotatable bonds is 6. The largest absolute Gasteiger partial charge is 0.465 e. The lowest BCUT2D eigenvalue weighted by Gasteiger charge is -2.08. The van der Waals surface area contributed by atoms with Gasteiger partial charge in [-0.3, -0.25) is 0 Å². The monoisotopic (exact) mass is 280 g/mol. The van der Waals surface area contributed by atoms with Crippen molar-refractivity contribution in [1.82, 2.24) is 9.97 Å². The van der Waals surface area contributed by atoms with Crippen LogP contribution in [0.1, 0.15) is 24.9 Å². The third kappa shape index (κ3) is 3.86. The van der Waals surface area contributed by atoms with Gasteiger partial charge in [-0.05, 0) is 25.5 Å². The molecule has 0 atom stereocenters. The molecule has 0 amide bonds. The summed E-state index contributed by atoms with van der Waals surface area (Å²) >= 11 is 6.06. The van der Waals surface area contributed by atoms with E-state index in [1.807, 2.05) is 19.1 Å². The summed E-state index contributed by atoms with van der Waals surface area (Å²) in [6.07, 6.45) is 2.60. The van der Waals surface area contributed by atoms with E-state index in [-0.39, 0.29) is 0 Å².